The molecule has 1 fully saturated rings. The minimum atomic E-state index is -4.39. The van der Waals surface area contributed by atoms with Crippen molar-refractivity contribution in [3.05, 3.63) is 23.9 Å². The fourth-order valence-electron chi connectivity index (χ4n) is 2.09. The van der Waals surface area contributed by atoms with Crippen molar-refractivity contribution in [2.75, 3.05) is 37.7 Å². The molecule has 1 saturated heterocycles. The van der Waals surface area contributed by atoms with Gasteiger partial charge in [-0.05, 0) is 12.1 Å². The normalized spacial score (nSPS) is 16.2. The molecule has 6 nitrogen and oxygen atoms in total. The van der Waals surface area contributed by atoms with Crippen molar-refractivity contribution < 1.29 is 22.8 Å². The van der Waals surface area contributed by atoms with Crippen LogP contribution in [0.25, 0.3) is 0 Å². The molecule has 116 valence electrons. The van der Waals surface area contributed by atoms with Crippen LogP contribution in [-0.4, -0.2) is 48.6 Å². The number of nitrogens with two attached hydrogens (primary N) is 1. The zero-order chi connectivity index (χ0) is 15.5. The maximum Gasteiger partial charge on any atom is 0.417 e. The molecule has 2 N–H and O–H groups in total. The Bertz CT molecular complexity index is 484. The number of anilines is 1. The van der Waals surface area contributed by atoms with E-state index >= 15 is 0 Å². The quantitative estimate of drug-likeness (QED) is 0.830. The molecule has 0 saturated carbocycles. The van der Waals surface area contributed by atoms with E-state index in [1.807, 2.05) is 4.90 Å². The molecule has 1 aromatic heterocycles. The third-order valence-electron chi connectivity index (χ3n) is 3.24. The second-order valence-corrected chi connectivity index (χ2v) is 4.58. The SMILES string of the molecule is NOCC(=O)N1CCN(c2ccc(C(F)(F)F)cn2)CC1. The zero-order valence-electron chi connectivity index (χ0n) is 11.1. The largest absolute Gasteiger partial charge is 0.417 e. The average Bonchev–Trinajstić information content (AvgIpc) is 2.47. The first kappa shape index (κ1) is 15.5. The Hall–Kier alpha value is -1.87. The first-order chi connectivity index (χ1) is 9.91. The minimum Gasteiger partial charge on any atom is -0.353 e. The number of halogens is 3. The first-order valence-corrected chi connectivity index (χ1v) is 6.29. The lowest BCUT2D eigenvalue weighted by Gasteiger charge is -2.35. The third-order valence-corrected chi connectivity index (χ3v) is 3.24. The van der Waals surface area contributed by atoms with E-state index in [0.717, 1.165) is 12.3 Å². The number of pyridine rings is 1. The van der Waals surface area contributed by atoms with Crippen molar-refractivity contribution in [3.63, 3.8) is 0 Å². The summed E-state index contributed by atoms with van der Waals surface area (Å²) in [4.78, 5) is 23.1. The molecule has 0 atom stereocenters. The average molecular weight is 304 g/mol. The van der Waals surface area contributed by atoms with Crippen LogP contribution in [-0.2, 0) is 15.8 Å². The van der Waals surface area contributed by atoms with Crippen molar-refractivity contribution in [2.45, 2.75) is 6.18 Å². The molecule has 0 aromatic carbocycles. The highest BCUT2D eigenvalue weighted by atomic mass is 19.4. The van der Waals surface area contributed by atoms with Gasteiger partial charge in [-0.2, -0.15) is 13.2 Å². The van der Waals surface area contributed by atoms with Gasteiger partial charge in [-0.1, -0.05) is 0 Å². The summed E-state index contributed by atoms with van der Waals surface area (Å²) in [6, 6.07) is 2.34. The topological polar surface area (TPSA) is 71.7 Å². The van der Waals surface area contributed by atoms with E-state index in [1.54, 1.807) is 4.90 Å². The summed E-state index contributed by atoms with van der Waals surface area (Å²) >= 11 is 0. The Labute approximate surface area is 119 Å². The van der Waals surface area contributed by atoms with Gasteiger partial charge in [0.05, 0.1) is 5.56 Å². The van der Waals surface area contributed by atoms with Crippen molar-refractivity contribution in [1.82, 2.24) is 9.88 Å². The number of aromatic nitrogens is 1. The van der Waals surface area contributed by atoms with Crippen LogP contribution >= 0.6 is 0 Å². The number of rotatable bonds is 3. The number of carbonyl (C=O) groups excluding carboxylic acids is 1. The van der Waals surface area contributed by atoms with E-state index in [2.05, 4.69) is 9.82 Å². The molecule has 2 heterocycles. The number of nitrogens with zero attached hydrogens (tertiary/aromatic N) is 3. The summed E-state index contributed by atoms with van der Waals surface area (Å²) in [6.45, 7) is 1.71. The van der Waals surface area contributed by atoms with Crippen molar-refractivity contribution in [3.8, 4) is 0 Å². The monoisotopic (exact) mass is 304 g/mol. The lowest BCUT2D eigenvalue weighted by molar-refractivity contribution is -0.138. The Morgan fingerprint density at radius 1 is 1.29 bits per heavy atom. The first-order valence-electron chi connectivity index (χ1n) is 6.29. The van der Waals surface area contributed by atoms with E-state index in [-0.39, 0.29) is 12.5 Å². The molecule has 1 amide bonds. The number of piperazine rings is 1. The smallest absolute Gasteiger partial charge is 0.353 e. The molecule has 0 aliphatic carbocycles. The van der Waals surface area contributed by atoms with Crippen LogP contribution in [0.1, 0.15) is 5.56 Å². The summed E-state index contributed by atoms with van der Waals surface area (Å²) in [5.74, 6) is 5.10. The molecule has 0 bridgehead atoms. The van der Waals surface area contributed by atoms with Gasteiger partial charge in [-0.25, -0.2) is 10.9 Å². The highest BCUT2D eigenvalue weighted by Gasteiger charge is 2.31. The molecular weight excluding hydrogens is 289 g/mol. The molecule has 0 spiro atoms. The molecule has 0 unspecified atom stereocenters. The summed E-state index contributed by atoms with van der Waals surface area (Å²) in [5.41, 5.74) is -0.778. The number of carbonyl (C=O) groups is 1. The minimum absolute atomic E-state index is 0.182. The highest BCUT2D eigenvalue weighted by Crippen LogP contribution is 2.29. The molecule has 2 rings (SSSR count). The number of hydrogen-bond acceptors (Lipinski definition) is 5. The second kappa shape index (κ2) is 6.27. The maximum absolute atomic E-state index is 12.5. The molecule has 21 heavy (non-hydrogen) atoms. The molecular formula is C12H15F3N4O2. The number of amides is 1. The van der Waals surface area contributed by atoms with Crippen molar-refractivity contribution in [1.29, 1.82) is 0 Å². The second-order valence-electron chi connectivity index (χ2n) is 4.58. The van der Waals surface area contributed by atoms with Gasteiger partial charge in [0.25, 0.3) is 5.91 Å². The number of alkyl halides is 3. The van der Waals surface area contributed by atoms with Gasteiger partial charge >= 0.3 is 6.18 Å². The molecule has 1 aliphatic rings. The van der Waals surface area contributed by atoms with Crippen LogP contribution < -0.4 is 10.8 Å². The molecule has 1 aromatic rings. The third kappa shape index (κ3) is 3.82. The van der Waals surface area contributed by atoms with Crippen LogP contribution in [0.3, 0.4) is 0 Å². The highest BCUT2D eigenvalue weighted by molar-refractivity contribution is 5.77. The molecule has 9 heteroatoms. The van der Waals surface area contributed by atoms with Gasteiger partial charge in [0.15, 0.2) is 0 Å². The number of hydrogen-bond donors (Lipinski definition) is 1. The van der Waals surface area contributed by atoms with Crippen LogP contribution in [0.4, 0.5) is 19.0 Å². The van der Waals surface area contributed by atoms with Gasteiger partial charge in [-0.15, -0.1) is 0 Å². The summed E-state index contributed by atoms with van der Waals surface area (Å²) in [7, 11) is 0. The fourth-order valence-corrected chi connectivity index (χ4v) is 2.09. The molecule has 1 aliphatic heterocycles. The Balaban J connectivity index is 1.95. The fraction of sp³-hybridized carbons (Fsp3) is 0.500. The van der Waals surface area contributed by atoms with E-state index in [9.17, 15) is 18.0 Å². The lowest BCUT2D eigenvalue weighted by atomic mass is 10.2. The summed E-state index contributed by atoms with van der Waals surface area (Å²) in [6.07, 6.45) is -3.58. The lowest BCUT2D eigenvalue weighted by Crippen LogP contribution is -2.50. The van der Waals surface area contributed by atoms with Crippen LogP contribution in [0.5, 0.6) is 0 Å². The van der Waals surface area contributed by atoms with E-state index < -0.39 is 11.7 Å². The Morgan fingerprint density at radius 3 is 2.43 bits per heavy atom. The van der Waals surface area contributed by atoms with E-state index in [0.29, 0.717) is 32.0 Å². The molecule has 0 radical (unpaired) electrons. The zero-order valence-corrected chi connectivity index (χ0v) is 11.1. The van der Waals surface area contributed by atoms with E-state index in [1.165, 1.54) is 6.07 Å². The predicted molar refractivity (Wildman–Crippen MR) is 68.2 cm³/mol. The van der Waals surface area contributed by atoms with E-state index in [4.69, 9.17) is 5.90 Å². The van der Waals surface area contributed by atoms with Crippen molar-refractivity contribution in [2.24, 2.45) is 5.90 Å². The van der Waals surface area contributed by atoms with Gasteiger partial charge in [-0.3, -0.25) is 9.63 Å². The summed E-state index contributed by atoms with van der Waals surface area (Å²) in [5, 5.41) is 0. The maximum atomic E-state index is 12.5. The van der Waals surface area contributed by atoms with Crippen LogP contribution in [0, 0.1) is 0 Å². The summed E-state index contributed by atoms with van der Waals surface area (Å²) < 4.78 is 37.4. The van der Waals surface area contributed by atoms with Crippen LogP contribution in [0.15, 0.2) is 18.3 Å². The standard InChI is InChI=1S/C12H15F3N4O2/c13-12(14,15)9-1-2-10(17-7-9)18-3-5-19(6-4-18)11(20)8-21-16/h1-2,7H,3-6,8,16H2. The predicted octanol–water partition coefficient (Wildman–Crippen LogP) is 0.639. The van der Waals surface area contributed by atoms with Crippen molar-refractivity contribution >= 4 is 11.7 Å². The van der Waals surface area contributed by atoms with Gasteiger partial charge in [0, 0.05) is 32.4 Å². The van der Waals surface area contributed by atoms with Crippen LogP contribution in [0.2, 0.25) is 0 Å². The Morgan fingerprint density at radius 2 is 1.95 bits per heavy atom. The van der Waals surface area contributed by atoms with Gasteiger partial charge < -0.3 is 9.80 Å². The Kier molecular flexibility index (Phi) is 4.63. The van der Waals surface area contributed by atoms with Gasteiger partial charge in [0.2, 0.25) is 0 Å². The van der Waals surface area contributed by atoms with Gasteiger partial charge in [0.1, 0.15) is 12.4 Å².